The summed E-state index contributed by atoms with van der Waals surface area (Å²) in [6, 6.07) is 6.21. The Hall–Kier alpha value is -1.18. The standard InChI is InChI=1S/C28H39Cl2N3O2S/c1-18-22(27(34)31-20-12-14-35-15-13-20)16-23(33(18)17-19-8-6-5-7-9-19)21-10-11-24(26(30)25(21)29)36-32-28(2,3)4/h10-11,16,19-20,32H,5-9,12-15,17H2,1-4H3,(H,31,34). The van der Waals surface area contributed by atoms with Crippen molar-refractivity contribution in [3.8, 4) is 11.3 Å². The Morgan fingerprint density at radius 2 is 1.78 bits per heavy atom. The van der Waals surface area contributed by atoms with Gasteiger partial charge in [-0.1, -0.05) is 48.5 Å². The van der Waals surface area contributed by atoms with Crippen LogP contribution in [-0.4, -0.2) is 35.3 Å². The van der Waals surface area contributed by atoms with Crippen LogP contribution in [0.5, 0.6) is 0 Å². The number of aromatic nitrogens is 1. The van der Waals surface area contributed by atoms with Crippen molar-refractivity contribution in [2.24, 2.45) is 5.92 Å². The topological polar surface area (TPSA) is 55.3 Å². The molecule has 0 atom stereocenters. The molecule has 0 radical (unpaired) electrons. The average Bonchev–Trinajstić information content (AvgIpc) is 3.16. The second-order valence-corrected chi connectivity index (χ2v) is 12.8. The van der Waals surface area contributed by atoms with E-state index in [1.165, 1.54) is 44.1 Å². The molecule has 1 aliphatic heterocycles. The minimum atomic E-state index is -0.0579. The van der Waals surface area contributed by atoms with Crippen LogP contribution in [0.1, 0.15) is 81.8 Å². The van der Waals surface area contributed by atoms with E-state index in [4.69, 9.17) is 27.9 Å². The lowest BCUT2D eigenvalue weighted by molar-refractivity contribution is 0.0696. The van der Waals surface area contributed by atoms with E-state index in [0.717, 1.165) is 41.2 Å². The van der Waals surface area contributed by atoms with E-state index >= 15 is 0 Å². The average molecular weight is 553 g/mol. The number of nitrogens with zero attached hydrogens (tertiary/aromatic N) is 1. The number of halogens is 2. The Balaban J connectivity index is 1.68. The summed E-state index contributed by atoms with van der Waals surface area (Å²) in [7, 11) is 0. The zero-order chi connectivity index (χ0) is 25.9. The monoisotopic (exact) mass is 551 g/mol. The van der Waals surface area contributed by atoms with Crippen LogP contribution in [0.4, 0.5) is 0 Å². The molecule has 2 fully saturated rings. The molecule has 2 N–H and O–H groups in total. The SMILES string of the molecule is Cc1c(C(=O)NC2CCOCC2)cc(-c2ccc(SNC(C)(C)C)c(Cl)c2Cl)n1CC1CCCCC1. The summed E-state index contributed by atoms with van der Waals surface area (Å²) in [5, 5.41) is 4.29. The van der Waals surface area contributed by atoms with Crippen LogP contribution in [-0.2, 0) is 11.3 Å². The molecular formula is C28H39Cl2N3O2S. The second-order valence-electron chi connectivity index (χ2n) is 11.2. The van der Waals surface area contributed by atoms with Gasteiger partial charge in [-0.2, -0.15) is 0 Å². The summed E-state index contributed by atoms with van der Waals surface area (Å²) in [6.07, 6.45) is 8.02. The summed E-state index contributed by atoms with van der Waals surface area (Å²) >= 11 is 15.1. The molecule has 2 heterocycles. The first-order valence-corrected chi connectivity index (χ1v) is 14.7. The van der Waals surface area contributed by atoms with E-state index in [2.05, 4.69) is 42.3 Å². The van der Waals surface area contributed by atoms with Gasteiger partial charge in [0.1, 0.15) is 0 Å². The van der Waals surface area contributed by atoms with Crippen molar-refractivity contribution in [3.63, 3.8) is 0 Å². The number of amides is 1. The lowest BCUT2D eigenvalue weighted by Gasteiger charge is -2.25. The highest BCUT2D eigenvalue weighted by molar-refractivity contribution is 7.97. The maximum atomic E-state index is 13.4. The van der Waals surface area contributed by atoms with Gasteiger partial charge >= 0.3 is 0 Å². The molecule has 1 aliphatic carbocycles. The third kappa shape index (κ3) is 6.82. The highest BCUT2D eigenvalue weighted by atomic mass is 35.5. The van der Waals surface area contributed by atoms with Crippen molar-refractivity contribution in [1.82, 2.24) is 14.6 Å². The van der Waals surface area contributed by atoms with Gasteiger partial charge in [0.05, 0.1) is 21.3 Å². The zero-order valence-electron chi connectivity index (χ0n) is 21.9. The molecule has 198 valence electrons. The first-order chi connectivity index (χ1) is 17.1. The minimum absolute atomic E-state index is 0.0215. The van der Waals surface area contributed by atoms with E-state index in [1.807, 2.05) is 18.2 Å². The predicted molar refractivity (Wildman–Crippen MR) is 151 cm³/mol. The van der Waals surface area contributed by atoms with Crippen molar-refractivity contribution >= 4 is 41.1 Å². The fourth-order valence-electron chi connectivity index (χ4n) is 5.08. The van der Waals surface area contributed by atoms with Crippen molar-refractivity contribution in [1.29, 1.82) is 0 Å². The van der Waals surface area contributed by atoms with Gasteiger partial charge in [-0.05, 0) is 83.4 Å². The number of nitrogens with one attached hydrogen (secondary N) is 2. The molecule has 36 heavy (non-hydrogen) atoms. The van der Waals surface area contributed by atoms with Gasteiger partial charge in [-0.15, -0.1) is 0 Å². The summed E-state index contributed by atoms with van der Waals surface area (Å²) in [4.78, 5) is 14.3. The van der Waals surface area contributed by atoms with Crippen molar-refractivity contribution in [2.45, 2.75) is 95.7 Å². The van der Waals surface area contributed by atoms with Crippen LogP contribution in [0.15, 0.2) is 23.1 Å². The zero-order valence-corrected chi connectivity index (χ0v) is 24.2. The summed E-state index contributed by atoms with van der Waals surface area (Å²) in [5.41, 5.74) is 3.47. The Bertz CT molecular complexity index is 1070. The number of benzene rings is 1. The summed E-state index contributed by atoms with van der Waals surface area (Å²) in [5.74, 6) is 0.585. The first kappa shape index (κ1) is 27.8. The van der Waals surface area contributed by atoms with Gasteiger partial charge in [-0.3, -0.25) is 9.52 Å². The van der Waals surface area contributed by atoms with E-state index in [0.29, 0.717) is 34.7 Å². The molecular weight excluding hydrogens is 513 g/mol. The van der Waals surface area contributed by atoms with Crippen LogP contribution in [0.25, 0.3) is 11.3 Å². The molecule has 1 saturated heterocycles. The smallest absolute Gasteiger partial charge is 0.253 e. The van der Waals surface area contributed by atoms with Crippen molar-refractivity contribution in [2.75, 3.05) is 13.2 Å². The Morgan fingerprint density at radius 3 is 2.44 bits per heavy atom. The van der Waals surface area contributed by atoms with Gasteiger partial charge in [-0.25, -0.2) is 0 Å². The predicted octanol–water partition coefficient (Wildman–Crippen LogP) is 7.65. The normalized spacial score (nSPS) is 17.9. The molecule has 5 nitrogen and oxygen atoms in total. The molecule has 2 aliphatic rings. The van der Waals surface area contributed by atoms with Crippen LogP contribution >= 0.6 is 35.1 Å². The molecule has 0 spiro atoms. The van der Waals surface area contributed by atoms with Crippen LogP contribution in [0, 0.1) is 12.8 Å². The second kappa shape index (κ2) is 12.1. The molecule has 0 unspecified atom stereocenters. The number of rotatable bonds is 7. The lowest BCUT2D eigenvalue weighted by Crippen LogP contribution is -2.39. The van der Waals surface area contributed by atoms with E-state index in [9.17, 15) is 4.79 Å². The number of ether oxygens (including phenoxy) is 1. The first-order valence-electron chi connectivity index (χ1n) is 13.1. The van der Waals surface area contributed by atoms with Gasteiger partial charge in [0.25, 0.3) is 5.91 Å². The number of hydrogen-bond acceptors (Lipinski definition) is 4. The van der Waals surface area contributed by atoms with Gasteiger partial charge in [0.15, 0.2) is 0 Å². The van der Waals surface area contributed by atoms with Gasteiger partial charge in [0.2, 0.25) is 0 Å². The van der Waals surface area contributed by atoms with Gasteiger partial charge < -0.3 is 14.6 Å². The molecule has 8 heteroatoms. The number of hydrogen-bond donors (Lipinski definition) is 2. The highest BCUT2D eigenvalue weighted by Crippen LogP contribution is 2.41. The largest absolute Gasteiger partial charge is 0.381 e. The van der Waals surface area contributed by atoms with Gasteiger partial charge in [0, 0.05) is 47.5 Å². The molecule has 0 bridgehead atoms. The quantitative estimate of drug-likeness (QED) is 0.347. The van der Waals surface area contributed by atoms with E-state index < -0.39 is 0 Å². The van der Waals surface area contributed by atoms with Crippen LogP contribution in [0.3, 0.4) is 0 Å². The third-order valence-corrected chi connectivity index (χ3v) is 9.39. The Labute approximate surface area is 230 Å². The van der Waals surface area contributed by atoms with E-state index in [1.54, 1.807) is 0 Å². The molecule has 4 rings (SSSR count). The summed E-state index contributed by atoms with van der Waals surface area (Å²) in [6.45, 7) is 10.7. The fourth-order valence-corrected chi connectivity index (χ4v) is 6.42. The van der Waals surface area contributed by atoms with Crippen LogP contribution in [0.2, 0.25) is 10.0 Å². The number of carbonyl (C=O) groups excluding carboxylic acids is 1. The Morgan fingerprint density at radius 1 is 1.08 bits per heavy atom. The van der Waals surface area contributed by atoms with Crippen LogP contribution < -0.4 is 10.0 Å². The van der Waals surface area contributed by atoms with Crippen molar-refractivity contribution < 1.29 is 9.53 Å². The maximum absolute atomic E-state index is 13.4. The molecule has 1 saturated carbocycles. The Kier molecular flexibility index (Phi) is 9.38. The lowest BCUT2D eigenvalue weighted by atomic mass is 9.89. The third-order valence-electron chi connectivity index (χ3n) is 7.12. The number of carbonyl (C=O) groups is 1. The van der Waals surface area contributed by atoms with Crippen molar-refractivity contribution in [3.05, 3.63) is 39.5 Å². The van der Waals surface area contributed by atoms with E-state index in [-0.39, 0.29) is 17.5 Å². The highest BCUT2D eigenvalue weighted by Gasteiger charge is 2.26. The summed E-state index contributed by atoms with van der Waals surface area (Å²) < 4.78 is 11.2. The maximum Gasteiger partial charge on any atom is 0.253 e. The molecule has 2 aromatic rings. The molecule has 1 aromatic carbocycles. The molecule has 1 aromatic heterocycles. The molecule has 1 amide bonds. The fraction of sp³-hybridized carbons (Fsp3) is 0.607. The minimum Gasteiger partial charge on any atom is -0.381 e.